The van der Waals surface area contributed by atoms with Crippen LogP contribution in [0.5, 0.6) is 11.5 Å². The van der Waals surface area contributed by atoms with Crippen LogP contribution in [0, 0.1) is 20.8 Å². The molecule has 0 bridgehead atoms. The minimum atomic E-state index is -0.938. The van der Waals surface area contributed by atoms with E-state index >= 15 is 0 Å². The summed E-state index contributed by atoms with van der Waals surface area (Å²) in [6.07, 6.45) is -0.938. The van der Waals surface area contributed by atoms with Crippen LogP contribution in [0.3, 0.4) is 0 Å². The summed E-state index contributed by atoms with van der Waals surface area (Å²) in [6.45, 7) is 7.05. The van der Waals surface area contributed by atoms with Crippen molar-refractivity contribution >= 4 is 11.9 Å². The van der Waals surface area contributed by atoms with Gasteiger partial charge < -0.3 is 23.9 Å². The van der Waals surface area contributed by atoms with Crippen molar-refractivity contribution in [2.75, 3.05) is 14.2 Å². The Kier molecular flexibility index (Phi) is 6.50. The summed E-state index contributed by atoms with van der Waals surface area (Å²) < 4.78 is 21.1. The van der Waals surface area contributed by atoms with Crippen molar-refractivity contribution < 1.29 is 28.2 Å². The van der Waals surface area contributed by atoms with E-state index in [0.29, 0.717) is 28.6 Å². The lowest BCUT2D eigenvalue weighted by atomic mass is 10.1. The zero-order valence-corrected chi connectivity index (χ0v) is 16.5. The summed E-state index contributed by atoms with van der Waals surface area (Å²) in [5, 5.41) is 2.74. The van der Waals surface area contributed by atoms with Crippen molar-refractivity contribution in [3.05, 3.63) is 46.4 Å². The zero-order valence-electron chi connectivity index (χ0n) is 16.5. The van der Waals surface area contributed by atoms with E-state index in [2.05, 4.69) is 5.32 Å². The number of nitrogens with one attached hydrogen (secondary N) is 1. The molecule has 1 aromatic carbocycles. The highest BCUT2D eigenvalue weighted by molar-refractivity contribution is 5.94. The maximum Gasteiger partial charge on any atom is 0.342 e. The monoisotopic (exact) mass is 375 g/mol. The summed E-state index contributed by atoms with van der Waals surface area (Å²) in [4.78, 5) is 24.6. The van der Waals surface area contributed by atoms with Crippen LogP contribution < -0.4 is 14.8 Å². The van der Waals surface area contributed by atoms with E-state index in [-0.39, 0.29) is 6.54 Å². The second kappa shape index (κ2) is 8.62. The first-order chi connectivity index (χ1) is 12.8. The average Bonchev–Trinajstić information content (AvgIpc) is 2.90. The fraction of sp³-hybridized carbons (Fsp3) is 0.400. The van der Waals surface area contributed by atoms with Gasteiger partial charge in [0.15, 0.2) is 17.6 Å². The quantitative estimate of drug-likeness (QED) is 0.749. The Labute approximate surface area is 158 Å². The lowest BCUT2D eigenvalue weighted by Gasteiger charge is -2.14. The molecule has 0 saturated heterocycles. The van der Waals surface area contributed by atoms with E-state index in [0.717, 1.165) is 11.1 Å². The van der Waals surface area contributed by atoms with Crippen LogP contribution in [0.1, 0.15) is 39.9 Å². The molecule has 1 aromatic heterocycles. The van der Waals surface area contributed by atoms with Crippen molar-refractivity contribution in [2.45, 2.75) is 40.3 Å². The molecule has 146 valence electrons. The predicted octanol–water partition coefficient (Wildman–Crippen LogP) is 3.08. The minimum absolute atomic E-state index is 0.268. The summed E-state index contributed by atoms with van der Waals surface area (Å²) in [7, 11) is 3.10. The summed E-state index contributed by atoms with van der Waals surface area (Å²) in [6, 6.07) is 5.35. The van der Waals surface area contributed by atoms with E-state index in [4.69, 9.17) is 18.6 Å². The van der Waals surface area contributed by atoms with Gasteiger partial charge in [-0.1, -0.05) is 6.07 Å². The second-order valence-electron chi connectivity index (χ2n) is 6.17. The molecule has 0 aliphatic heterocycles. The van der Waals surface area contributed by atoms with Gasteiger partial charge in [0.05, 0.1) is 14.2 Å². The lowest BCUT2D eigenvalue weighted by Crippen LogP contribution is -2.35. The molecule has 2 aromatic rings. The SMILES string of the molecule is COc1ccc(CNC(=O)[C@H](C)OC(=O)c2c(C)oc(C)c2C)cc1OC. The molecule has 0 unspecified atom stereocenters. The number of carbonyl (C=O) groups excluding carboxylic acids is 2. The van der Waals surface area contributed by atoms with Gasteiger partial charge in [0.2, 0.25) is 0 Å². The van der Waals surface area contributed by atoms with Gasteiger partial charge in [-0.05, 0) is 45.4 Å². The topological polar surface area (TPSA) is 87.0 Å². The molecule has 0 aliphatic carbocycles. The molecule has 27 heavy (non-hydrogen) atoms. The van der Waals surface area contributed by atoms with Crippen LogP contribution in [-0.4, -0.2) is 32.2 Å². The maximum absolute atomic E-state index is 12.4. The molecule has 1 amide bonds. The number of amides is 1. The van der Waals surface area contributed by atoms with E-state index < -0.39 is 18.0 Å². The molecule has 1 heterocycles. The fourth-order valence-corrected chi connectivity index (χ4v) is 2.69. The van der Waals surface area contributed by atoms with Crippen molar-refractivity contribution in [1.82, 2.24) is 5.32 Å². The zero-order chi connectivity index (χ0) is 20.1. The Morgan fingerprint density at radius 3 is 2.30 bits per heavy atom. The van der Waals surface area contributed by atoms with E-state index in [1.165, 1.54) is 6.92 Å². The Bertz CT molecular complexity index is 839. The van der Waals surface area contributed by atoms with Crippen molar-refractivity contribution in [1.29, 1.82) is 0 Å². The molecule has 1 N–H and O–H groups in total. The van der Waals surface area contributed by atoms with Crippen LogP contribution in [0.15, 0.2) is 22.6 Å². The molecular formula is C20H25NO6. The van der Waals surface area contributed by atoms with Gasteiger partial charge in [0.25, 0.3) is 5.91 Å². The average molecular weight is 375 g/mol. The standard InChI is InChI=1S/C20H25NO6/c1-11-12(2)26-13(3)18(11)20(23)27-14(4)19(22)21-10-15-7-8-16(24-5)17(9-15)25-6/h7-9,14H,10H2,1-6H3,(H,21,22)/t14-/m0/s1. The Balaban J connectivity index is 1.97. The maximum atomic E-state index is 12.4. The largest absolute Gasteiger partial charge is 0.493 e. The van der Waals surface area contributed by atoms with Gasteiger partial charge in [-0.25, -0.2) is 4.79 Å². The number of benzene rings is 1. The molecule has 7 nitrogen and oxygen atoms in total. The third-order valence-corrected chi connectivity index (χ3v) is 4.33. The van der Waals surface area contributed by atoms with Gasteiger partial charge >= 0.3 is 5.97 Å². The molecule has 2 rings (SSSR count). The molecule has 0 fully saturated rings. The third kappa shape index (κ3) is 4.61. The Morgan fingerprint density at radius 2 is 1.74 bits per heavy atom. The molecule has 1 atom stereocenters. The highest BCUT2D eigenvalue weighted by Crippen LogP contribution is 2.27. The van der Waals surface area contributed by atoms with E-state index in [1.54, 1.807) is 47.1 Å². The second-order valence-corrected chi connectivity index (χ2v) is 6.17. The summed E-state index contributed by atoms with van der Waals surface area (Å²) >= 11 is 0. The van der Waals surface area contributed by atoms with E-state index in [9.17, 15) is 9.59 Å². The normalized spacial score (nSPS) is 11.6. The van der Waals surface area contributed by atoms with Crippen LogP contribution in [0.2, 0.25) is 0 Å². The molecule has 7 heteroatoms. The first-order valence-corrected chi connectivity index (χ1v) is 8.54. The number of ether oxygens (including phenoxy) is 3. The van der Waals surface area contributed by atoms with E-state index in [1.807, 2.05) is 6.07 Å². The number of hydrogen-bond donors (Lipinski definition) is 1. The fourth-order valence-electron chi connectivity index (χ4n) is 2.69. The number of esters is 1. The van der Waals surface area contributed by atoms with Crippen molar-refractivity contribution in [2.24, 2.45) is 0 Å². The smallest absolute Gasteiger partial charge is 0.342 e. The first-order valence-electron chi connectivity index (χ1n) is 8.54. The Hall–Kier alpha value is -2.96. The summed E-state index contributed by atoms with van der Waals surface area (Å²) in [5.41, 5.74) is 1.92. The van der Waals surface area contributed by atoms with Crippen LogP contribution in [-0.2, 0) is 16.1 Å². The molecular weight excluding hydrogens is 350 g/mol. The van der Waals surface area contributed by atoms with Crippen molar-refractivity contribution in [3.8, 4) is 11.5 Å². The minimum Gasteiger partial charge on any atom is -0.493 e. The molecule has 0 radical (unpaired) electrons. The molecule has 0 saturated carbocycles. The Morgan fingerprint density at radius 1 is 1.07 bits per heavy atom. The number of rotatable bonds is 7. The van der Waals surface area contributed by atoms with Crippen LogP contribution in [0.4, 0.5) is 0 Å². The van der Waals surface area contributed by atoms with Crippen LogP contribution >= 0.6 is 0 Å². The molecule has 0 aliphatic rings. The number of methoxy groups -OCH3 is 2. The highest BCUT2D eigenvalue weighted by Gasteiger charge is 2.24. The van der Waals surface area contributed by atoms with Gasteiger partial charge in [0, 0.05) is 12.1 Å². The number of aryl methyl sites for hydroxylation is 2. The third-order valence-electron chi connectivity index (χ3n) is 4.33. The lowest BCUT2D eigenvalue weighted by molar-refractivity contribution is -0.129. The molecule has 0 spiro atoms. The van der Waals surface area contributed by atoms with Gasteiger partial charge in [-0.3, -0.25) is 4.79 Å². The highest BCUT2D eigenvalue weighted by atomic mass is 16.5. The number of carbonyl (C=O) groups is 2. The van der Waals surface area contributed by atoms with Crippen LogP contribution in [0.25, 0.3) is 0 Å². The first kappa shape index (κ1) is 20.4. The number of furan rings is 1. The number of hydrogen-bond acceptors (Lipinski definition) is 6. The van der Waals surface area contributed by atoms with Gasteiger partial charge in [0.1, 0.15) is 17.1 Å². The predicted molar refractivity (Wildman–Crippen MR) is 99.2 cm³/mol. The van der Waals surface area contributed by atoms with Gasteiger partial charge in [-0.15, -0.1) is 0 Å². The van der Waals surface area contributed by atoms with Crippen molar-refractivity contribution in [3.63, 3.8) is 0 Å². The van der Waals surface area contributed by atoms with Gasteiger partial charge in [-0.2, -0.15) is 0 Å². The summed E-state index contributed by atoms with van der Waals surface area (Å²) in [5.74, 6) is 1.35.